The van der Waals surface area contributed by atoms with Crippen LogP contribution in [0.15, 0.2) is 91.0 Å². The fourth-order valence-electron chi connectivity index (χ4n) is 5.27. The van der Waals surface area contributed by atoms with Crippen molar-refractivity contribution in [1.29, 1.82) is 5.26 Å². The second-order valence-corrected chi connectivity index (χ2v) is 8.76. The van der Waals surface area contributed by atoms with E-state index in [1.807, 2.05) is 12.1 Å². The Bertz CT molecular complexity index is 920. The molecule has 1 aliphatic rings. The smallest absolute Gasteiger partial charge is 0.110 e. The Balaban J connectivity index is 1.58. The van der Waals surface area contributed by atoms with E-state index < -0.39 is 5.41 Å². The summed E-state index contributed by atoms with van der Waals surface area (Å²) in [4.78, 5) is 0. The number of benzene rings is 3. The van der Waals surface area contributed by atoms with E-state index in [1.165, 1.54) is 24.8 Å². The Labute approximate surface area is 186 Å². The van der Waals surface area contributed by atoms with Crippen molar-refractivity contribution in [1.82, 2.24) is 5.32 Å². The molecule has 0 radical (unpaired) electrons. The molecule has 2 nitrogen and oxygen atoms in total. The zero-order valence-corrected chi connectivity index (χ0v) is 18.2. The highest BCUT2D eigenvalue weighted by Gasteiger charge is 2.43. The third-order valence-electron chi connectivity index (χ3n) is 6.86. The van der Waals surface area contributed by atoms with Gasteiger partial charge in [-0.25, -0.2) is 0 Å². The number of nitrogens with zero attached hydrogens (tertiary/aromatic N) is 1. The van der Waals surface area contributed by atoms with Gasteiger partial charge in [-0.3, -0.25) is 0 Å². The van der Waals surface area contributed by atoms with Gasteiger partial charge in [-0.1, -0.05) is 104 Å². The molecule has 0 saturated heterocycles. The lowest BCUT2D eigenvalue weighted by atomic mass is 9.64. The fraction of sp³-hybridized carbons (Fsp3) is 0.345. The Morgan fingerprint density at radius 3 is 1.90 bits per heavy atom. The van der Waals surface area contributed by atoms with Crippen LogP contribution in [0.4, 0.5) is 0 Å². The maximum absolute atomic E-state index is 10.7. The predicted molar refractivity (Wildman–Crippen MR) is 128 cm³/mol. The first-order chi connectivity index (χ1) is 15.3. The maximum atomic E-state index is 10.7. The molecular formula is C29H32N2. The number of rotatable bonds is 7. The SMILES string of the molecule is N#CC(c1ccccc1)(c1ccccc1)C1CCCCC(NCCc2ccccc2)C1. The maximum Gasteiger partial charge on any atom is 0.110 e. The van der Waals surface area contributed by atoms with Crippen LogP contribution < -0.4 is 5.32 Å². The topological polar surface area (TPSA) is 35.8 Å². The van der Waals surface area contributed by atoms with Crippen LogP contribution in [-0.2, 0) is 11.8 Å². The summed E-state index contributed by atoms with van der Waals surface area (Å²) in [6, 6.07) is 34.9. The molecule has 2 atom stereocenters. The van der Waals surface area contributed by atoms with Crippen LogP contribution in [-0.4, -0.2) is 12.6 Å². The largest absolute Gasteiger partial charge is 0.314 e. The van der Waals surface area contributed by atoms with Gasteiger partial charge < -0.3 is 5.32 Å². The molecule has 2 unspecified atom stereocenters. The van der Waals surface area contributed by atoms with Gasteiger partial charge in [-0.2, -0.15) is 5.26 Å². The van der Waals surface area contributed by atoms with E-state index in [0.717, 1.165) is 36.9 Å². The molecule has 1 aliphatic carbocycles. The Morgan fingerprint density at radius 2 is 1.32 bits per heavy atom. The van der Waals surface area contributed by atoms with Crippen molar-refractivity contribution in [2.24, 2.45) is 5.92 Å². The van der Waals surface area contributed by atoms with Crippen molar-refractivity contribution in [2.75, 3.05) is 6.54 Å². The third kappa shape index (κ3) is 4.89. The van der Waals surface area contributed by atoms with E-state index in [9.17, 15) is 5.26 Å². The lowest BCUT2D eigenvalue weighted by Crippen LogP contribution is -2.40. The highest BCUT2D eigenvalue weighted by Crippen LogP contribution is 2.45. The zero-order valence-electron chi connectivity index (χ0n) is 18.2. The van der Waals surface area contributed by atoms with Gasteiger partial charge in [0, 0.05) is 6.04 Å². The lowest BCUT2D eigenvalue weighted by Gasteiger charge is -2.37. The summed E-state index contributed by atoms with van der Waals surface area (Å²) in [7, 11) is 0. The molecular weight excluding hydrogens is 376 g/mol. The molecule has 4 rings (SSSR count). The molecule has 0 aliphatic heterocycles. The average molecular weight is 409 g/mol. The van der Waals surface area contributed by atoms with Crippen LogP contribution in [0.1, 0.15) is 48.8 Å². The molecule has 1 fully saturated rings. The molecule has 158 valence electrons. The van der Waals surface area contributed by atoms with Gasteiger partial charge in [-0.15, -0.1) is 0 Å². The number of hydrogen-bond donors (Lipinski definition) is 1. The van der Waals surface area contributed by atoms with Crippen LogP contribution in [0, 0.1) is 17.2 Å². The van der Waals surface area contributed by atoms with Crippen molar-refractivity contribution in [3.05, 3.63) is 108 Å². The second-order valence-electron chi connectivity index (χ2n) is 8.76. The standard InChI is InChI=1S/C29H32N2/c30-23-29(25-14-6-2-7-15-25,26-16-8-3-9-17-26)27-18-10-11-19-28(22-27)31-21-20-24-12-4-1-5-13-24/h1-9,12-17,27-28,31H,10-11,18-22H2. The molecule has 3 aromatic carbocycles. The second kappa shape index (κ2) is 10.4. The molecule has 0 bridgehead atoms. The molecule has 3 aromatic rings. The Kier molecular flexibility index (Phi) is 7.18. The summed E-state index contributed by atoms with van der Waals surface area (Å²) >= 11 is 0. The van der Waals surface area contributed by atoms with E-state index in [-0.39, 0.29) is 0 Å². The van der Waals surface area contributed by atoms with Crippen molar-refractivity contribution in [2.45, 2.75) is 50.0 Å². The summed E-state index contributed by atoms with van der Waals surface area (Å²) < 4.78 is 0. The van der Waals surface area contributed by atoms with Gasteiger partial charge in [-0.05, 0) is 54.8 Å². The molecule has 0 aromatic heterocycles. The van der Waals surface area contributed by atoms with Crippen LogP contribution >= 0.6 is 0 Å². The molecule has 1 N–H and O–H groups in total. The molecule has 1 saturated carbocycles. The molecule has 0 amide bonds. The van der Waals surface area contributed by atoms with Gasteiger partial charge in [0.1, 0.15) is 5.41 Å². The van der Waals surface area contributed by atoms with Crippen molar-refractivity contribution < 1.29 is 0 Å². The van der Waals surface area contributed by atoms with Crippen molar-refractivity contribution >= 4 is 0 Å². The Hall–Kier alpha value is -2.89. The van der Waals surface area contributed by atoms with E-state index in [0.29, 0.717) is 12.0 Å². The highest BCUT2D eigenvalue weighted by molar-refractivity contribution is 5.47. The van der Waals surface area contributed by atoms with Crippen LogP contribution in [0.2, 0.25) is 0 Å². The van der Waals surface area contributed by atoms with Crippen LogP contribution in [0.5, 0.6) is 0 Å². The van der Waals surface area contributed by atoms with Crippen molar-refractivity contribution in [3.63, 3.8) is 0 Å². The highest BCUT2D eigenvalue weighted by atomic mass is 14.9. The van der Waals surface area contributed by atoms with Crippen molar-refractivity contribution in [3.8, 4) is 6.07 Å². The zero-order chi connectivity index (χ0) is 21.4. The van der Waals surface area contributed by atoms with Gasteiger partial charge in [0.15, 0.2) is 0 Å². The third-order valence-corrected chi connectivity index (χ3v) is 6.86. The monoisotopic (exact) mass is 408 g/mol. The summed E-state index contributed by atoms with van der Waals surface area (Å²) in [6.45, 7) is 0.984. The van der Waals surface area contributed by atoms with Gasteiger partial charge in [0.25, 0.3) is 0 Å². The first-order valence-electron chi connectivity index (χ1n) is 11.6. The normalized spacial score (nSPS) is 19.3. The predicted octanol–water partition coefficient (Wildman–Crippen LogP) is 6.28. The minimum absolute atomic E-state index is 0.291. The first kappa shape index (κ1) is 21.3. The van der Waals surface area contributed by atoms with E-state index in [4.69, 9.17) is 0 Å². The van der Waals surface area contributed by atoms with Gasteiger partial charge in [0.2, 0.25) is 0 Å². The van der Waals surface area contributed by atoms with E-state index in [2.05, 4.69) is 90.2 Å². The summed E-state index contributed by atoms with van der Waals surface area (Å²) in [6.07, 6.45) is 6.77. The minimum Gasteiger partial charge on any atom is -0.314 e. The van der Waals surface area contributed by atoms with Gasteiger partial charge >= 0.3 is 0 Å². The molecule has 2 heteroatoms. The van der Waals surface area contributed by atoms with Crippen LogP contribution in [0.3, 0.4) is 0 Å². The molecule has 0 spiro atoms. The van der Waals surface area contributed by atoms with E-state index >= 15 is 0 Å². The lowest BCUT2D eigenvalue weighted by molar-refractivity contribution is 0.313. The van der Waals surface area contributed by atoms with Gasteiger partial charge in [0.05, 0.1) is 6.07 Å². The quantitative estimate of drug-likeness (QED) is 0.467. The average Bonchev–Trinajstić information content (AvgIpc) is 3.08. The first-order valence-corrected chi connectivity index (χ1v) is 11.6. The fourth-order valence-corrected chi connectivity index (χ4v) is 5.27. The van der Waals surface area contributed by atoms with E-state index in [1.54, 1.807) is 0 Å². The summed E-state index contributed by atoms with van der Waals surface area (Å²) in [5.41, 5.74) is 3.02. The molecule has 0 heterocycles. The Morgan fingerprint density at radius 1 is 0.774 bits per heavy atom. The molecule has 31 heavy (non-hydrogen) atoms. The summed E-state index contributed by atoms with van der Waals surface area (Å²) in [5, 5.41) is 14.5. The summed E-state index contributed by atoms with van der Waals surface area (Å²) in [5.74, 6) is 0.291. The number of nitriles is 1. The van der Waals surface area contributed by atoms with Crippen LogP contribution in [0.25, 0.3) is 0 Å². The number of nitrogens with one attached hydrogen (secondary N) is 1. The minimum atomic E-state index is -0.605. The number of hydrogen-bond acceptors (Lipinski definition) is 2.